The van der Waals surface area contributed by atoms with Crippen LogP contribution in [0.5, 0.6) is 0 Å². The summed E-state index contributed by atoms with van der Waals surface area (Å²) in [5.41, 5.74) is -3.03. The predicted molar refractivity (Wildman–Crippen MR) is 119 cm³/mol. The minimum Gasteiger partial charge on any atom is -0.336 e. The lowest BCUT2D eigenvalue weighted by Crippen LogP contribution is -2.61. The Labute approximate surface area is 206 Å². The maximum atomic E-state index is 13.7. The van der Waals surface area contributed by atoms with Gasteiger partial charge in [0.1, 0.15) is 17.9 Å². The van der Waals surface area contributed by atoms with Crippen molar-refractivity contribution in [3.8, 4) is 6.07 Å². The number of nitrogens with one attached hydrogen (secondary N) is 2. The Balaban J connectivity index is 1.93. The standard InChI is InChI=1S/C24H29F4N5O3/c1-21(2,3)17(31-20(36)24(26,27)28)19(35)33-10-14-15(22(14,4)5)16(33)18(34)32-23(6,11-29)12-7-13(25)9-30-8-12/h7-9,14-17H,10H2,1-6H3,(H,31,36)(H,32,34)/t14-,15-,16-,17+,23?/m0/s1. The Bertz CT molecular complexity index is 1120. The first-order valence-corrected chi connectivity index (χ1v) is 11.4. The maximum absolute atomic E-state index is 13.7. The zero-order valence-electron chi connectivity index (χ0n) is 20.8. The second-order valence-corrected chi connectivity index (χ2v) is 11.3. The van der Waals surface area contributed by atoms with Crippen molar-refractivity contribution >= 4 is 17.7 Å². The minimum atomic E-state index is -5.19. The number of hydrogen-bond donors (Lipinski definition) is 2. The van der Waals surface area contributed by atoms with E-state index in [0.29, 0.717) is 0 Å². The van der Waals surface area contributed by atoms with Crippen molar-refractivity contribution in [2.45, 2.75) is 65.3 Å². The van der Waals surface area contributed by atoms with Crippen molar-refractivity contribution in [1.29, 1.82) is 5.26 Å². The van der Waals surface area contributed by atoms with Gasteiger partial charge in [0.2, 0.25) is 11.8 Å². The number of carbonyl (C=O) groups excluding carboxylic acids is 3. The van der Waals surface area contributed by atoms with Crippen LogP contribution in [-0.4, -0.2) is 52.4 Å². The molecule has 196 valence electrons. The number of nitriles is 1. The molecule has 0 aromatic carbocycles. The largest absolute Gasteiger partial charge is 0.471 e. The summed E-state index contributed by atoms with van der Waals surface area (Å²) in [6.07, 6.45) is -3.01. The van der Waals surface area contributed by atoms with E-state index in [9.17, 15) is 37.2 Å². The van der Waals surface area contributed by atoms with Gasteiger partial charge in [0.25, 0.3) is 0 Å². The summed E-state index contributed by atoms with van der Waals surface area (Å²) in [5, 5.41) is 14.2. The maximum Gasteiger partial charge on any atom is 0.471 e. The fraction of sp³-hybridized carbons (Fsp3) is 0.625. The number of hydrogen-bond acceptors (Lipinski definition) is 5. The predicted octanol–water partition coefficient (Wildman–Crippen LogP) is 2.65. The first kappa shape index (κ1) is 27.4. The molecule has 2 N–H and O–H groups in total. The van der Waals surface area contributed by atoms with Crippen molar-refractivity contribution in [3.05, 3.63) is 29.8 Å². The normalized spacial score (nSPS) is 25.1. The monoisotopic (exact) mass is 511 g/mol. The van der Waals surface area contributed by atoms with E-state index in [4.69, 9.17) is 0 Å². The van der Waals surface area contributed by atoms with E-state index >= 15 is 0 Å². The summed E-state index contributed by atoms with van der Waals surface area (Å²) in [5.74, 6) is -4.90. The molecule has 0 bridgehead atoms. The molecule has 1 saturated heterocycles. The van der Waals surface area contributed by atoms with Crippen molar-refractivity contribution in [2.75, 3.05) is 6.54 Å². The second-order valence-electron chi connectivity index (χ2n) is 11.3. The average Bonchev–Trinajstić information content (AvgIpc) is 3.09. The Morgan fingerprint density at radius 1 is 1.19 bits per heavy atom. The van der Waals surface area contributed by atoms with Crippen LogP contribution in [0.1, 0.15) is 47.1 Å². The van der Waals surface area contributed by atoms with Crippen LogP contribution in [0.3, 0.4) is 0 Å². The molecule has 5 atom stereocenters. The molecule has 1 aliphatic carbocycles. The van der Waals surface area contributed by atoms with E-state index in [1.807, 2.05) is 19.9 Å². The summed E-state index contributed by atoms with van der Waals surface area (Å²) in [6, 6.07) is 0.335. The molecule has 0 radical (unpaired) electrons. The van der Waals surface area contributed by atoms with Crippen LogP contribution in [0.25, 0.3) is 0 Å². The van der Waals surface area contributed by atoms with Crippen LogP contribution in [0, 0.1) is 39.8 Å². The number of pyridine rings is 1. The minimum absolute atomic E-state index is 0.0887. The molecule has 3 rings (SSSR count). The Morgan fingerprint density at radius 2 is 1.81 bits per heavy atom. The summed E-state index contributed by atoms with van der Waals surface area (Å²) < 4.78 is 52.6. The lowest BCUT2D eigenvalue weighted by molar-refractivity contribution is -0.176. The first-order valence-electron chi connectivity index (χ1n) is 11.4. The lowest BCUT2D eigenvalue weighted by Gasteiger charge is -2.38. The van der Waals surface area contributed by atoms with Gasteiger partial charge in [-0.1, -0.05) is 34.6 Å². The Hall–Kier alpha value is -3.23. The van der Waals surface area contributed by atoms with Gasteiger partial charge in [-0.15, -0.1) is 0 Å². The smallest absolute Gasteiger partial charge is 0.336 e. The van der Waals surface area contributed by atoms with Crippen LogP contribution < -0.4 is 10.6 Å². The molecule has 2 heterocycles. The number of alkyl halides is 3. The highest BCUT2D eigenvalue weighted by molar-refractivity contribution is 5.95. The summed E-state index contributed by atoms with van der Waals surface area (Å²) in [7, 11) is 0. The Morgan fingerprint density at radius 3 is 2.31 bits per heavy atom. The zero-order valence-corrected chi connectivity index (χ0v) is 20.8. The number of aromatic nitrogens is 1. The zero-order chi connectivity index (χ0) is 27.4. The molecule has 2 fully saturated rings. The molecule has 1 aromatic heterocycles. The van der Waals surface area contributed by atoms with Gasteiger partial charge in [-0.2, -0.15) is 18.4 Å². The highest BCUT2D eigenvalue weighted by Crippen LogP contribution is 2.65. The quantitative estimate of drug-likeness (QED) is 0.590. The van der Waals surface area contributed by atoms with E-state index in [-0.39, 0.29) is 29.4 Å². The van der Waals surface area contributed by atoms with E-state index < -0.39 is 52.8 Å². The van der Waals surface area contributed by atoms with E-state index in [1.54, 1.807) is 5.32 Å². The first-order chi connectivity index (χ1) is 16.3. The number of halogens is 4. The molecule has 36 heavy (non-hydrogen) atoms. The average molecular weight is 512 g/mol. The highest BCUT2D eigenvalue weighted by atomic mass is 19.4. The van der Waals surface area contributed by atoms with Crippen LogP contribution >= 0.6 is 0 Å². The highest BCUT2D eigenvalue weighted by Gasteiger charge is 2.70. The van der Waals surface area contributed by atoms with Gasteiger partial charge in [-0.05, 0) is 35.7 Å². The van der Waals surface area contributed by atoms with Gasteiger partial charge in [0, 0.05) is 18.3 Å². The number of amides is 3. The third-order valence-electron chi connectivity index (χ3n) is 7.29. The fourth-order valence-electron chi connectivity index (χ4n) is 5.01. The van der Waals surface area contributed by atoms with Crippen LogP contribution in [0.4, 0.5) is 17.6 Å². The summed E-state index contributed by atoms with van der Waals surface area (Å²) in [4.78, 5) is 43.7. The molecule has 12 heteroatoms. The molecule has 2 aliphatic rings. The van der Waals surface area contributed by atoms with Gasteiger partial charge in [-0.25, -0.2) is 4.39 Å². The van der Waals surface area contributed by atoms with Crippen molar-refractivity contribution in [3.63, 3.8) is 0 Å². The van der Waals surface area contributed by atoms with Gasteiger partial charge in [0.15, 0.2) is 5.54 Å². The molecular weight excluding hydrogens is 482 g/mol. The van der Waals surface area contributed by atoms with Crippen LogP contribution in [0.2, 0.25) is 0 Å². The van der Waals surface area contributed by atoms with E-state index in [2.05, 4.69) is 10.3 Å². The topological polar surface area (TPSA) is 115 Å². The second kappa shape index (κ2) is 8.71. The molecule has 1 unspecified atom stereocenters. The number of carbonyl (C=O) groups is 3. The van der Waals surface area contributed by atoms with Crippen LogP contribution in [0.15, 0.2) is 18.5 Å². The van der Waals surface area contributed by atoms with E-state index in [1.165, 1.54) is 38.8 Å². The van der Waals surface area contributed by atoms with E-state index in [0.717, 1.165) is 12.3 Å². The number of piperidine rings is 1. The molecule has 1 aromatic rings. The van der Waals surface area contributed by atoms with Gasteiger partial charge in [0.05, 0.1) is 12.3 Å². The SMILES string of the molecule is CC(C#N)(NC(=O)[C@@H]1[C@@H]2[C@H](CN1C(=O)[C@@H](NC(=O)C(F)(F)F)C(C)(C)C)C2(C)C)c1cncc(F)c1. The fourth-order valence-corrected chi connectivity index (χ4v) is 5.01. The number of likely N-dealkylation sites (tertiary alicyclic amines) is 1. The molecule has 3 amide bonds. The van der Waals surface area contributed by atoms with Gasteiger partial charge >= 0.3 is 12.1 Å². The number of fused-ring (bicyclic) bond motifs is 1. The van der Waals surface area contributed by atoms with Gasteiger partial charge < -0.3 is 15.5 Å². The summed E-state index contributed by atoms with van der Waals surface area (Å²) in [6.45, 7) is 9.81. The molecule has 0 spiro atoms. The van der Waals surface area contributed by atoms with Crippen molar-refractivity contribution < 1.29 is 31.9 Å². The molecule has 1 saturated carbocycles. The van der Waals surface area contributed by atoms with Crippen molar-refractivity contribution in [2.24, 2.45) is 22.7 Å². The Kier molecular flexibility index (Phi) is 6.62. The number of nitrogens with zero attached hydrogens (tertiary/aromatic N) is 3. The number of rotatable bonds is 5. The van der Waals surface area contributed by atoms with Crippen LogP contribution in [-0.2, 0) is 19.9 Å². The molecule has 1 aliphatic heterocycles. The third kappa shape index (κ3) is 4.88. The third-order valence-corrected chi connectivity index (χ3v) is 7.29. The van der Waals surface area contributed by atoms with Crippen molar-refractivity contribution in [1.82, 2.24) is 20.5 Å². The molecule has 8 nitrogen and oxygen atoms in total. The lowest BCUT2D eigenvalue weighted by atomic mass is 9.85. The van der Waals surface area contributed by atoms with Gasteiger partial charge in [-0.3, -0.25) is 19.4 Å². The molecular formula is C24H29F4N5O3. The summed E-state index contributed by atoms with van der Waals surface area (Å²) >= 11 is 0.